The molecule has 29 heavy (non-hydrogen) atoms. The van der Waals surface area contributed by atoms with E-state index in [-0.39, 0.29) is 5.56 Å². The molecule has 0 amide bonds. The lowest BCUT2D eigenvalue weighted by molar-refractivity contribution is 0.343. The van der Waals surface area contributed by atoms with Crippen LogP contribution in [0.1, 0.15) is 5.56 Å². The number of methoxy groups -OCH3 is 1. The first-order valence-electron chi connectivity index (χ1n) is 9.09. The first-order chi connectivity index (χ1) is 14.1. The third kappa shape index (κ3) is 4.43. The molecule has 0 saturated carbocycles. The van der Waals surface area contributed by atoms with Gasteiger partial charge in [0.2, 0.25) is 0 Å². The van der Waals surface area contributed by atoms with E-state index in [9.17, 15) is 4.79 Å². The maximum Gasteiger partial charge on any atom is 0.266 e. The molecule has 2 heterocycles. The van der Waals surface area contributed by atoms with Crippen LogP contribution < -0.4 is 15.0 Å². The quantitative estimate of drug-likeness (QED) is 0.372. The smallest absolute Gasteiger partial charge is 0.266 e. The minimum Gasteiger partial charge on any atom is -0.497 e. The summed E-state index contributed by atoms with van der Waals surface area (Å²) < 4.78 is 12.6. The lowest BCUT2D eigenvalue weighted by Gasteiger charge is -2.09. The summed E-state index contributed by atoms with van der Waals surface area (Å²) in [5, 5.41) is 3.39. The Hall–Kier alpha value is -3.26. The summed E-state index contributed by atoms with van der Waals surface area (Å²) in [5.41, 5.74) is 2.31. The zero-order chi connectivity index (χ0) is 20.2. The summed E-state index contributed by atoms with van der Waals surface area (Å²) in [6.45, 7) is 2.55. The molecule has 2 aromatic carbocycles. The van der Waals surface area contributed by atoms with Gasteiger partial charge >= 0.3 is 0 Å². The van der Waals surface area contributed by atoms with E-state index in [1.54, 1.807) is 11.6 Å². The van der Waals surface area contributed by atoms with Gasteiger partial charge < -0.3 is 9.47 Å². The van der Waals surface area contributed by atoms with Crippen LogP contribution in [-0.4, -0.2) is 39.1 Å². The number of aromatic nitrogens is 4. The van der Waals surface area contributed by atoms with Crippen molar-refractivity contribution in [3.8, 4) is 22.9 Å². The van der Waals surface area contributed by atoms with Crippen LogP contribution in [0.25, 0.3) is 17.0 Å². The number of thioether (sulfide) groups is 1. The van der Waals surface area contributed by atoms with Gasteiger partial charge in [-0.25, -0.2) is 14.5 Å². The molecule has 0 bridgehead atoms. The lowest BCUT2D eigenvalue weighted by atomic mass is 10.2. The van der Waals surface area contributed by atoms with E-state index in [0.29, 0.717) is 29.0 Å². The molecular weight excluding hydrogens is 388 g/mol. The number of nitrogens with one attached hydrogen (secondary N) is 1. The molecule has 8 heteroatoms. The van der Waals surface area contributed by atoms with Gasteiger partial charge in [-0.1, -0.05) is 23.9 Å². The average Bonchev–Trinajstić information content (AvgIpc) is 3.11. The van der Waals surface area contributed by atoms with Gasteiger partial charge in [-0.05, 0) is 48.9 Å². The minimum atomic E-state index is -0.218. The van der Waals surface area contributed by atoms with Gasteiger partial charge in [0.05, 0.1) is 13.7 Å². The van der Waals surface area contributed by atoms with Gasteiger partial charge in [-0.15, -0.1) is 0 Å². The molecule has 1 N–H and O–H groups in total. The SMILES string of the molecule is COc1ccc(-c2nc(SCCOc3cccc(C)c3)n3[nH]c(=O)cc3n2)cc1. The van der Waals surface area contributed by atoms with Crippen LogP contribution in [0.2, 0.25) is 0 Å². The van der Waals surface area contributed by atoms with Crippen molar-refractivity contribution in [2.75, 3.05) is 19.5 Å². The summed E-state index contributed by atoms with van der Waals surface area (Å²) >= 11 is 1.50. The molecule has 4 aromatic rings. The maximum absolute atomic E-state index is 11.8. The van der Waals surface area contributed by atoms with Crippen LogP contribution in [0.5, 0.6) is 11.5 Å². The highest BCUT2D eigenvalue weighted by Gasteiger charge is 2.12. The number of aryl methyl sites for hydroxylation is 1. The van der Waals surface area contributed by atoms with Crippen LogP contribution in [0, 0.1) is 6.92 Å². The van der Waals surface area contributed by atoms with Crippen molar-refractivity contribution in [3.05, 3.63) is 70.5 Å². The van der Waals surface area contributed by atoms with Crippen molar-refractivity contribution in [1.82, 2.24) is 19.6 Å². The highest BCUT2D eigenvalue weighted by Crippen LogP contribution is 2.23. The molecule has 0 atom stereocenters. The first kappa shape index (κ1) is 19.1. The Morgan fingerprint density at radius 1 is 1.07 bits per heavy atom. The van der Waals surface area contributed by atoms with Gasteiger partial charge in [0, 0.05) is 17.4 Å². The zero-order valence-electron chi connectivity index (χ0n) is 16.1. The average molecular weight is 408 g/mol. The second kappa shape index (κ2) is 8.40. The molecule has 0 unspecified atom stereocenters. The highest BCUT2D eigenvalue weighted by atomic mass is 32.2. The standard InChI is InChI=1S/C21H20N4O3S/c1-14-4-3-5-17(12-14)28-10-11-29-21-23-20(15-6-8-16(27-2)9-7-15)22-18-13-19(26)24-25(18)21/h3-9,12-13H,10-11H2,1-2H3,(H,24,26). The molecule has 0 aliphatic heterocycles. The fraction of sp³-hybridized carbons (Fsp3) is 0.190. The number of ether oxygens (including phenoxy) is 2. The number of hydrogen-bond acceptors (Lipinski definition) is 6. The van der Waals surface area contributed by atoms with Crippen molar-refractivity contribution in [3.63, 3.8) is 0 Å². The number of aromatic amines is 1. The van der Waals surface area contributed by atoms with Crippen molar-refractivity contribution in [1.29, 1.82) is 0 Å². The van der Waals surface area contributed by atoms with Gasteiger partial charge in [0.15, 0.2) is 16.6 Å². The normalized spacial score (nSPS) is 11.0. The number of rotatable bonds is 7. The van der Waals surface area contributed by atoms with Crippen LogP contribution in [-0.2, 0) is 0 Å². The van der Waals surface area contributed by atoms with Crippen molar-refractivity contribution in [2.45, 2.75) is 12.1 Å². The molecule has 4 rings (SSSR count). The van der Waals surface area contributed by atoms with Gasteiger partial charge in [-0.2, -0.15) is 0 Å². The van der Waals surface area contributed by atoms with Gasteiger partial charge in [0.25, 0.3) is 5.56 Å². The van der Waals surface area contributed by atoms with E-state index in [4.69, 9.17) is 9.47 Å². The van der Waals surface area contributed by atoms with E-state index in [1.807, 2.05) is 55.5 Å². The Labute approximate surface area is 171 Å². The van der Waals surface area contributed by atoms with Crippen LogP contribution >= 0.6 is 11.8 Å². The Morgan fingerprint density at radius 3 is 2.66 bits per heavy atom. The highest BCUT2D eigenvalue weighted by molar-refractivity contribution is 7.99. The van der Waals surface area contributed by atoms with Crippen molar-refractivity contribution in [2.24, 2.45) is 0 Å². The maximum atomic E-state index is 11.8. The molecule has 148 valence electrons. The van der Waals surface area contributed by atoms with Crippen LogP contribution in [0.15, 0.2) is 64.5 Å². The Morgan fingerprint density at radius 2 is 1.90 bits per heavy atom. The van der Waals surface area contributed by atoms with E-state index < -0.39 is 0 Å². The second-order valence-corrected chi connectivity index (χ2v) is 7.45. The van der Waals surface area contributed by atoms with E-state index in [1.165, 1.54) is 17.8 Å². The molecule has 0 fully saturated rings. The topological polar surface area (TPSA) is 81.5 Å². The second-order valence-electron chi connectivity index (χ2n) is 6.39. The van der Waals surface area contributed by atoms with E-state index in [2.05, 4.69) is 15.1 Å². The molecule has 2 aromatic heterocycles. The summed E-state index contributed by atoms with van der Waals surface area (Å²) in [4.78, 5) is 21.0. The van der Waals surface area contributed by atoms with Gasteiger partial charge in [-0.3, -0.25) is 9.89 Å². The minimum absolute atomic E-state index is 0.218. The Balaban J connectivity index is 1.54. The predicted molar refractivity (Wildman–Crippen MR) is 113 cm³/mol. The number of benzene rings is 2. The summed E-state index contributed by atoms with van der Waals surface area (Å²) in [6, 6.07) is 16.9. The number of nitrogens with zero attached hydrogens (tertiary/aromatic N) is 3. The number of fused-ring (bicyclic) bond motifs is 1. The van der Waals surface area contributed by atoms with Crippen LogP contribution in [0.4, 0.5) is 0 Å². The molecule has 0 radical (unpaired) electrons. The van der Waals surface area contributed by atoms with Gasteiger partial charge in [0.1, 0.15) is 11.5 Å². The third-order valence-corrected chi connectivity index (χ3v) is 5.15. The molecule has 0 aliphatic carbocycles. The zero-order valence-corrected chi connectivity index (χ0v) is 16.9. The molecule has 0 aliphatic rings. The number of H-pyrrole nitrogens is 1. The predicted octanol–water partition coefficient (Wildman–Crippen LogP) is 3.57. The lowest BCUT2D eigenvalue weighted by Crippen LogP contribution is -2.06. The Kier molecular flexibility index (Phi) is 5.53. The first-order valence-corrected chi connectivity index (χ1v) is 10.1. The molecule has 7 nitrogen and oxygen atoms in total. The van der Waals surface area contributed by atoms with Crippen LogP contribution in [0.3, 0.4) is 0 Å². The summed E-state index contributed by atoms with van der Waals surface area (Å²) in [6.07, 6.45) is 0. The largest absolute Gasteiger partial charge is 0.497 e. The summed E-state index contributed by atoms with van der Waals surface area (Å²) in [7, 11) is 1.62. The van der Waals surface area contributed by atoms with E-state index in [0.717, 1.165) is 22.6 Å². The monoisotopic (exact) mass is 408 g/mol. The summed E-state index contributed by atoms with van der Waals surface area (Å²) in [5.74, 6) is 2.82. The van der Waals surface area contributed by atoms with E-state index >= 15 is 0 Å². The Bertz CT molecular complexity index is 1180. The van der Waals surface area contributed by atoms with Crippen molar-refractivity contribution >= 4 is 17.4 Å². The number of hydrogen-bond donors (Lipinski definition) is 1. The third-order valence-electron chi connectivity index (χ3n) is 4.25. The molecule has 0 spiro atoms. The fourth-order valence-electron chi connectivity index (χ4n) is 2.85. The molecule has 0 saturated heterocycles. The van der Waals surface area contributed by atoms with Crippen molar-refractivity contribution < 1.29 is 9.47 Å². The fourth-order valence-corrected chi connectivity index (χ4v) is 3.62. The molecular formula is C21H20N4O3S.